The van der Waals surface area contributed by atoms with E-state index in [1.54, 1.807) is 6.20 Å². The molecule has 5 heteroatoms. The normalized spacial score (nSPS) is 16.3. The van der Waals surface area contributed by atoms with E-state index in [-0.39, 0.29) is 12.5 Å². The molecule has 0 atom stereocenters. The minimum absolute atomic E-state index is 0.0118. The van der Waals surface area contributed by atoms with Gasteiger partial charge in [-0.15, -0.1) is 0 Å². The summed E-state index contributed by atoms with van der Waals surface area (Å²) in [6.45, 7) is -0.0118. The highest BCUT2D eigenvalue weighted by Gasteiger charge is 2.13. The smallest absolute Gasteiger partial charge is 0.238 e. The molecule has 1 amide bonds. The van der Waals surface area contributed by atoms with Crippen LogP contribution in [0.5, 0.6) is 0 Å². The summed E-state index contributed by atoms with van der Waals surface area (Å²) >= 11 is 0. The molecule has 18 heavy (non-hydrogen) atoms. The molecule has 1 aromatic heterocycles. The van der Waals surface area contributed by atoms with Gasteiger partial charge >= 0.3 is 0 Å². The van der Waals surface area contributed by atoms with Gasteiger partial charge in [-0.25, -0.2) is 4.98 Å². The van der Waals surface area contributed by atoms with E-state index in [2.05, 4.69) is 15.6 Å². The van der Waals surface area contributed by atoms with Crippen molar-refractivity contribution in [3.63, 3.8) is 0 Å². The molecule has 0 bridgehead atoms. The number of carbonyl (C=O) groups is 1. The topological polar surface area (TPSA) is 80.0 Å². The van der Waals surface area contributed by atoms with E-state index in [4.69, 9.17) is 5.73 Å². The highest BCUT2D eigenvalue weighted by Crippen LogP contribution is 2.21. The van der Waals surface area contributed by atoms with Crippen molar-refractivity contribution in [2.75, 3.05) is 17.2 Å². The van der Waals surface area contributed by atoms with Gasteiger partial charge < -0.3 is 16.4 Å². The summed E-state index contributed by atoms with van der Waals surface area (Å²) in [7, 11) is 0. The molecule has 2 rings (SSSR count). The summed E-state index contributed by atoms with van der Waals surface area (Å²) in [6.07, 6.45) is 8.01. The number of hydrogen-bond donors (Lipinski definition) is 3. The number of carbonyl (C=O) groups excluding carboxylic acids is 1. The largest absolute Gasteiger partial charge is 0.367 e. The van der Waals surface area contributed by atoms with E-state index in [0.717, 1.165) is 5.82 Å². The van der Waals surface area contributed by atoms with Gasteiger partial charge in [-0.3, -0.25) is 4.79 Å². The summed E-state index contributed by atoms with van der Waals surface area (Å²) in [5.74, 6) is 0.664. The van der Waals surface area contributed by atoms with Gasteiger partial charge in [-0.05, 0) is 25.0 Å². The Morgan fingerprint density at radius 2 is 2.11 bits per heavy atom. The summed E-state index contributed by atoms with van der Waals surface area (Å²) < 4.78 is 0. The van der Waals surface area contributed by atoms with Crippen molar-refractivity contribution < 1.29 is 4.79 Å². The lowest BCUT2D eigenvalue weighted by Crippen LogP contribution is -2.23. The first-order chi connectivity index (χ1) is 8.78. The first kappa shape index (κ1) is 12.8. The first-order valence-electron chi connectivity index (χ1n) is 6.50. The Balaban J connectivity index is 1.88. The third-order valence-corrected chi connectivity index (χ3v) is 3.19. The average molecular weight is 248 g/mol. The van der Waals surface area contributed by atoms with E-state index in [0.29, 0.717) is 11.7 Å². The van der Waals surface area contributed by atoms with Gasteiger partial charge in [0.1, 0.15) is 5.82 Å². The Morgan fingerprint density at radius 1 is 1.33 bits per heavy atom. The molecule has 1 heterocycles. The fourth-order valence-corrected chi connectivity index (χ4v) is 2.22. The van der Waals surface area contributed by atoms with E-state index >= 15 is 0 Å². The molecule has 5 nitrogen and oxygen atoms in total. The number of nitrogens with zero attached hydrogens (tertiary/aromatic N) is 1. The predicted molar refractivity (Wildman–Crippen MR) is 72.4 cm³/mol. The van der Waals surface area contributed by atoms with Crippen LogP contribution in [0.25, 0.3) is 0 Å². The Hall–Kier alpha value is -1.62. The average Bonchev–Trinajstić information content (AvgIpc) is 2.42. The van der Waals surface area contributed by atoms with Crippen LogP contribution >= 0.6 is 0 Å². The van der Waals surface area contributed by atoms with Crippen LogP contribution < -0.4 is 16.4 Å². The second-order valence-electron chi connectivity index (χ2n) is 4.66. The number of amides is 1. The number of nitrogens with two attached hydrogens (primary N) is 1. The van der Waals surface area contributed by atoms with Crippen LogP contribution in [0.1, 0.15) is 32.1 Å². The minimum atomic E-state index is -0.204. The molecule has 4 N–H and O–H groups in total. The molecule has 0 saturated heterocycles. The lowest BCUT2D eigenvalue weighted by atomic mass is 9.95. The first-order valence-corrected chi connectivity index (χ1v) is 6.50. The lowest BCUT2D eigenvalue weighted by Gasteiger charge is -2.23. The SMILES string of the molecule is NCC(=O)Nc1ccc(NC2CCCCC2)nc1. The molecule has 0 unspecified atom stereocenters. The van der Waals surface area contributed by atoms with Crippen LogP contribution in [0, 0.1) is 0 Å². The monoisotopic (exact) mass is 248 g/mol. The Kier molecular flexibility index (Phi) is 4.52. The van der Waals surface area contributed by atoms with Crippen LogP contribution in [-0.4, -0.2) is 23.5 Å². The third-order valence-electron chi connectivity index (χ3n) is 3.19. The number of hydrogen-bond acceptors (Lipinski definition) is 4. The van der Waals surface area contributed by atoms with E-state index in [1.165, 1.54) is 32.1 Å². The summed E-state index contributed by atoms with van der Waals surface area (Å²) in [5.41, 5.74) is 5.91. The molecule has 0 radical (unpaired) electrons. The molecule has 1 fully saturated rings. The number of nitrogens with one attached hydrogen (secondary N) is 2. The van der Waals surface area contributed by atoms with Gasteiger partial charge in [0.05, 0.1) is 18.4 Å². The molecule has 1 aliphatic carbocycles. The lowest BCUT2D eigenvalue weighted by molar-refractivity contribution is -0.114. The second-order valence-corrected chi connectivity index (χ2v) is 4.66. The maximum Gasteiger partial charge on any atom is 0.238 e. The van der Waals surface area contributed by atoms with Crippen LogP contribution in [0.3, 0.4) is 0 Å². The van der Waals surface area contributed by atoms with Crippen LogP contribution in [-0.2, 0) is 4.79 Å². The Bertz CT molecular complexity index is 384. The maximum atomic E-state index is 11.1. The zero-order valence-electron chi connectivity index (χ0n) is 10.5. The van der Waals surface area contributed by atoms with Crippen LogP contribution in [0.15, 0.2) is 18.3 Å². The van der Waals surface area contributed by atoms with Gasteiger partial charge in [0.25, 0.3) is 0 Å². The number of aromatic nitrogens is 1. The Labute approximate surface area is 107 Å². The van der Waals surface area contributed by atoms with Crippen molar-refractivity contribution >= 4 is 17.4 Å². The molecular weight excluding hydrogens is 228 g/mol. The molecule has 0 aromatic carbocycles. The van der Waals surface area contributed by atoms with Crippen LogP contribution in [0.2, 0.25) is 0 Å². The summed E-state index contributed by atoms with van der Waals surface area (Å²) in [6, 6.07) is 4.27. The van der Waals surface area contributed by atoms with Crippen molar-refractivity contribution in [2.45, 2.75) is 38.1 Å². The van der Waals surface area contributed by atoms with Crippen molar-refractivity contribution in [1.82, 2.24) is 4.98 Å². The summed E-state index contributed by atoms with van der Waals surface area (Å²) in [5, 5.41) is 6.10. The Morgan fingerprint density at radius 3 is 2.72 bits per heavy atom. The van der Waals surface area contributed by atoms with Gasteiger partial charge in [0.15, 0.2) is 0 Å². The zero-order valence-corrected chi connectivity index (χ0v) is 10.5. The van der Waals surface area contributed by atoms with Gasteiger partial charge in [0, 0.05) is 6.04 Å². The number of anilines is 2. The van der Waals surface area contributed by atoms with Gasteiger partial charge in [-0.1, -0.05) is 19.3 Å². The van der Waals surface area contributed by atoms with Crippen molar-refractivity contribution in [1.29, 1.82) is 0 Å². The molecular formula is C13H20N4O. The van der Waals surface area contributed by atoms with Crippen molar-refractivity contribution in [3.05, 3.63) is 18.3 Å². The third kappa shape index (κ3) is 3.70. The predicted octanol–water partition coefficient (Wildman–Crippen LogP) is 1.72. The molecule has 0 aliphatic heterocycles. The fourth-order valence-electron chi connectivity index (χ4n) is 2.22. The zero-order chi connectivity index (χ0) is 12.8. The van der Waals surface area contributed by atoms with Crippen LogP contribution in [0.4, 0.5) is 11.5 Å². The molecule has 1 aromatic rings. The second kappa shape index (κ2) is 6.35. The number of rotatable bonds is 4. The quantitative estimate of drug-likeness (QED) is 0.758. The van der Waals surface area contributed by atoms with E-state index < -0.39 is 0 Å². The molecule has 98 valence electrons. The van der Waals surface area contributed by atoms with Gasteiger partial charge in [-0.2, -0.15) is 0 Å². The van der Waals surface area contributed by atoms with Crippen molar-refractivity contribution in [3.8, 4) is 0 Å². The highest BCUT2D eigenvalue weighted by molar-refractivity contribution is 5.91. The van der Waals surface area contributed by atoms with E-state index in [9.17, 15) is 4.79 Å². The minimum Gasteiger partial charge on any atom is -0.367 e. The van der Waals surface area contributed by atoms with E-state index in [1.807, 2.05) is 12.1 Å². The molecule has 0 spiro atoms. The van der Waals surface area contributed by atoms with Crippen molar-refractivity contribution in [2.24, 2.45) is 5.73 Å². The standard InChI is InChI=1S/C13H20N4O/c14-8-13(18)17-11-6-7-12(15-9-11)16-10-4-2-1-3-5-10/h6-7,9-10H,1-5,8,14H2,(H,15,16)(H,17,18). The fraction of sp³-hybridized carbons (Fsp3) is 0.538. The molecule has 1 aliphatic rings. The number of pyridine rings is 1. The summed E-state index contributed by atoms with van der Waals surface area (Å²) in [4.78, 5) is 15.4. The maximum absolute atomic E-state index is 11.1. The molecule has 1 saturated carbocycles. The van der Waals surface area contributed by atoms with Gasteiger partial charge in [0.2, 0.25) is 5.91 Å². The highest BCUT2D eigenvalue weighted by atomic mass is 16.1.